The van der Waals surface area contributed by atoms with Crippen LogP contribution in [0.25, 0.3) is 0 Å². The number of benzene rings is 1. The van der Waals surface area contributed by atoms with Crippen molar-refractivity contribution in [1.82, 2.24) is 0 Å². The maximum absolute atomic E-state index is 12.9. The summed E-state index contributed by atoms with van der Waals surface area (Å²) in [6, 6.07) is 0.889. The zero-order valence-corrected chi connectivity index (χ0v) is 7.73. The molecule has 5 heteroatoms. The molecule has 0 spiro atoms. The maximum atomic E-state index is 12.9. The molecule has 0 saturated heterocycles. The van der Waals surface area contributed by atoms with Crippen LogP contribution in [0.15, 0.2) is 6.07 Å². The van der Waals surface area contributed by atoms with Gasteiger partial charge in [0.15, 0.2) is 11.5 Å². The molecule has 0 radical (unpaired) electrons. The number of ether oxygens (including phenoxy) is 1. The summed E-state index contributed by atoms with van der Waals surface area (Å²) >= 11 is 5.60. The summed E-state index contributed by atoms with van der Waals surface area (Å²) in [5, 5.41) is 9.13. The summed E-state index contributed by atoms with van der Waals surface area (Å²) in [5.41, 5.74) is 5.59. The number of aromatic hydroxyl groups is 1. The first kappa shape index (κ1) is 10.1. The van der Waals surface area contributed by atoms with E-state index in [0.717, 1.165) is 6.07 Å². The quantitative estimate of drug-likeness (QED) is 0.772. The standard InChI is InChI=1S/C8H9ClFNO2/c1-13-8-4(3-11)7(9)5(10)2-6(8)12/h2,12H,3,11H2,1H3. The van der Waals surface area contributed by atoms with Crippen LogP contribution in [0.2, 0.25) is 5.02 Å². The van der Waals surface area contributed by atoms with Gasteiger partial charge in [-0.25, -0.2) is 4.39 Å². The van der Waals surface area contributed by atoms with Crippen LogP contribution in [0.5, 0.6) is 11.5 Å². The van der Waals surface area contributed by atoms with Gasteiger partial charge in [-0.3, -0.25) is 0 Å². The van der Waals surface area contributed by atoms with Crippen LogP contribution in [0.4, 0.5) is 4.39 Å². The van der Waals surface area contributed by atoms with Crippen molar-refractivity contribution in [2.75, 3.05) is 7.11 Å². The van der Waals surface area contributed by atoms with E-state index in [1.807, 2.05) is 0 Å². The van der Waals surface area contributed by atoms with Gasteiger partial charge < -0.3 is 15.6 Å². The number of hydrogen-bond donors (Lipinski definition) is 2. The lowest BCUT2D eigenvalue weighted by molar-refractivity contribution is 0.366. The van der Waals surface area contributed by atoms with Gasteiger partial charge in [-0.1, -0.05) is 11.6 Å². The summed E-state index contributed by atoms with van der Waals surface area (Å²) in [5.74, 6) is -0.890. The molecule has 3 nitrogen and oxygen atoms in total. The predicted molar refractivity (Wildman–Crippen MR) is 47.5 cm³/mol. The average molecular weight is 206 g/mol. The van der Waals surface area contributed by atoms with Crippen molar-refractivity contribution in [1.29, 1.82) is 0 Å². The number of hydrogen-bond acceptors (Lipinski definition) is 3. The molecule has 0 saturated carbocycles. The van der Waals surface area contributed by atoms with Crippen LogP contribution in [-0.2, 0) is 6.54 Å². The van der Waals surface area contributed by atoms with Gasteiger partial charge in [-0.15, -0.1) is 0 Å². The molecule has 0 bridgehead atoms. The van der Waals surface area contributed by atoms with Gasteiger partial charge >= 0.3 is 0 Å². The molecule has 0 unspecified atom stereocenters. The van der Waals surface area contributed by atoms with Gasteiger partial charge in [0.25, 0.3) is 0 Å². The molecule has 0 aliphatic heterocycles. The minimum Gasteiger partial charge on any atom is -0.504 e. The minimum absolute atomic E-state index is 0.00727. The third kappa shape index (κ3) is 1.68. The lowest BCUT2D eigenvalue weighted by atomic mass is 10.2. The highest BCUT2D eigenvalue weighted by atomic mass is 35.5. The molecule has 0 aliphatic rings. The molecule has 0 fully saturated rings. The van der Waals surface area contributed by atoms with Crippen molar-refractivity contribution >= 4 is 11.6 Å². The van der Waals surface area contributed by atoms with E-state index >= 15 is 0 Å². The van der Waals surface area contributed by atoms with Crippen LogP contribution < -0.4 is 10.5 Å². The van der Waals surface area contributed by atoms with Crippen LogP contribution in [-0.4, -0.2) is 12.2 Å². The van der Waals surface area contributed by atoms with Crippen molar-refractivity contribution in [3.63, 3.8) is 0 Å². The lowest BCUT2D eigenvalue weighted by Gasteiger charge is -2.10. The molecule has 72 valence electrons. The molecule has 0 heterocycles. The molecule has 1 rings (SSSR count). The second-order valence-corrected chi connectivity index (χ2v) is 2.79. The summed E-state index contributed by atoms with van der Waals surface area (Å²) in [7, 11) is 1.35. The van der Waals surface area contributed by atoms with Crippen molar-refractivity contribution in [3.05, 3.63) is 22.5 Å². The highest BCUT2D eigenvalue weighted by Crippen LogP contribution is 2.36. The highest BCUT2D eigenvalue weighted by Gasteiger charge is 2.15. The van der Waals surface area contributed by atoms with Gasteiger partial charge in [-0.05, 0) is 0 Å². The topological polar surface area (TPSA) is 55.5 Å². The Morgan fingerprint density at radius 2 is 2.31 bits per heavy atom. The van der Waals surface area contributed by atoms with E-state index in [1.165, 1.54) is 7.11 Å². The van der Waals surface area contributed by atoms with E-state index in [1.54, 1.807) is 0 Å². The predicted octanol–water partition coefficient (Wildman–Crippen LogP) is 1.65. The molecule has 0 atom stereocenters. The third-order valence-electron chi connectivity index (χ3n) is 1.65. The Hall–Kier alpha value is -1.00. The molecule has 0 amide bonds. The van der Waals surface area contributed by atoms with Crippen LogP contribution in [0.1, 0.15) is 5.56 Å². The van der Waals surface area contributed by atoms with Crippen LogP contribution in [0, 0.1) is 5.82 Å². The Labute approximate surface area is 79.9 Å². The Morgan fingerprint density at radius 1 is 1.69 bits per heavy atom. The minimum atomic E-state index is -0.708. The number of nitrogens with two attached hydrogens (primary N) is 1. The average Bonchev–Trinajstić information content (AvgIpc) is 2.10. The Balaban J connectivity index is 3.41. The number of rotatable bonds is 2. The van der Waals surface area contributed by atoms with Crippen molar-refractivity contribution < 1.29 is 14.2 Å². The zero-order valence-electron chi connectivity index (χ0n) is 6.97. The second-order valence-electron chi connectivity index (χ2n) is 2.41. The number of phenols is 1. The fourth-order valence-corrected chi connectivity index (χ4v) is 1.27. The number of halogens is 2. The summed E-state index contributed by atoms with van der Waals surface area (Å²) in [4.78, 5) is 0. The largest absolute Gasteiger partial charge is 0.504 e. The summed E-state index contributed by atoms with van der Waals surface area (Å²) < 4.78 is 17.8. The van der Waals surface area contributed by atoms with Gasteiger partial charge in [0.05, 0.1) is 12.1 Å². The Morgan fingerprint density at radius 3 is 2.77 bits per heavy atom. The fraction of sp³-hybridized carbons (Fsp3) is 0.250. The first-order valence-electron chi connectivity index (χ1n) is 3.55. The third-order valence-corrected chi connectivity index (χ3v) is 2.06. The maximum Gasteiger partial charge on any atom is 0.166 e. The molecule has 1 aromatic rings. The summed E-state index contributed by atoms with van der Waals surface area (Å²) in [6.45, 7) is 0.00727. The SMILES string of the molecule is COc1c(O)cc(F)c(Cl)c1CN. The highest BCUT2D eigenvalue weighted by molar-refractivity contribution is 6.31. The van der Waals surface area contributed by atoms with E-state index in [-0.39, 0.29) is 28.6 Å². The number of methoxy groups -OCH3 is 1. The molecular formula is C8H9ClFNO2. The Kier molecular flexibility index (Phi) is 2.95. The van der Waals surface area contributed by atoms with Crippen LogP contribution in [0.3, 0.4) is 0 Å². The van der Waals surface area contributed by atoms with Crippen LogP contribution >= 0.6 is 11.6 Å². The molecule has 3 N–H and O–H groups in total. The first-order valence-corrected chi connectivity index (χ1v) is 3.93. The zero-order chi connectivity index (χ0) is 10.0. The van der Waals surface area contributed by atoms with Crippen molar-refractivity contribution in [2.24, 2.45) is 5.73 Å². The number of phenolic OH excluding ortho intramolecular Hbond substituents is 1. The monoisotopic (exact) mass is 205 g/mol. The van der Waals surface area contributed by atoms with Gasteiger partial charge in [0.1, 0.15) is 5.82 Å². The van der Waals surface area contributed by atoms with E-state index in [2.05, 4.69) is 0 Å². The fourth-order valence-electron chi connectivity index (χ4n) is 1.06. The molecule has 13 heavy (non-hydrogen) atoms. The normalized spacial score (nSPS) is 10.2. The van der Waals surface area contributed by atoms with Gasteiger partial charge in [-0.2, -0.15) is 0 Å². The smallest absolute Gasteiger partial charge is 0.166 e. The van der Waals surface area contributed by atoms with Crippen molar-refractivity contribution in [2.45, 2.75) is 6.54 Å². The molecule has 0 aromatic heterocycles. The molecular weight excluding hydrogens is 197 g/mol. The second kappa shape index (κ2) is 3.81. The van der Waals surface area contributed by atoms with E-state index < -0.39 is 5.82 Å². The van der Waals surface area contributed by atoms with E-state index in [0.29, 0.717) is 0 Å². The van der Waals surface area contributed by atoms with E-state index in [4.69, 9.17) is 22.1 Å². The first-order chi connectivity index (χ1) is 6.11. The lowest BCUT2D eigenvalue weighted by Crippen LogP contribution is -2.02. The van der Waals surface area contributed by atoms with Gasteiger partial charge in [0, 0.05) is 18.2 Å². The Bertz CT molecular complexity index is 330. The van der Waals surface area contributed by atoms with Crippen molar-refractivity contribution in [3.8, 4) is 11.5 Å². The molecule has 1 aromatic carbocycles. The van der Waals surface area contributed by atoms with E-state index in [9.17, 15) is 9.50 Å². The van der Waals surface area contributed by atoms with Gasteiger partial charge in [0.2, 0.25) is 0 Å². The molecule has 0 aliphatic carbocycles. The summed E-state index contributed by atoms with van der Waals surface area (Å²) in [6.07, 6.45) is 0.